The summed E-state index contributed by atoms with van der Waals surface area (Å²) >= 11 is 0. The molecule has 0 aromatic heterocycles. The SMILES string of the molecule is CC.CC1CC(OC(=O)CC(C(=O)OC2CC(C)(C)N(C)C(C)(C)C2)C(CC(=O)OC2CC(C)(C)N(C)C(C)(C)C2)C(=O)OC2CC(C)(C)N(C)C(C)(C)C2)CC(C)(C)N1C. The summed E-state index contributed by atoms with van der Waals surface area (Å²) in [5.41, 5.74) is -1.85. The zero-order valence-electron chi connectivity index (χ0n) is 42.7. The van der Waals surface area contributed by atoms with Crippen LogP contribution in [0.2, 0.25) is 0 Å². The third-order valence-electron chi connectivity index (χ3n) is 15.8. The molecule has 4 fully saturated rings. The highest BCUT2D eigenvalue weighted by Gasteiger charge is 2.50. The van der Waals surface area contributed by atoms with Crippen molar-refractivity contribution in [2.45, 2.75) is 251 Å². The van der Waals surface area contributed by atoms with Gasteiger partial charge >= 0.3 is 23.9 Å². The summed E-state index contributed by atoms with van der Waals surface area (Å²) in [7, 11) is 8.33. The molecule has 0 N–H and O–H groups in total. The van der Waals surface area contributed by atoms with Crippen LogP contribution in [0, 0.1) is 11.8 Å². The van der Waals surface area contributed by atoms with Crippen LogP contribution in [0.4, 0.5) is 0 Å². The molecule has 0 aliphatic carbocycles. The van der Waals surface area contributed by atoms with Gasteiger partial charge in [-0.2, -0.15) is 0 Å². The highest BCUT2D eigenvalue weighted by Crippen LogP contribution is 2.42. The number of nitrogens with zero attached hydrogens (tertiary/aromatic N) is 4. The average Bonchev–Trinajstić information content (AvgIpc) is 3.08. The zero-order chi connectivity index (χ0) is 47.1. The molecule has 0 aromatic rings. The van der Waals surface area contributed by atoms with E-state index in [0.717, 1.165) is 0 Å². The van der Waals surface area contributed by atoms with Gasteiger partial charge < -0.3 is 18.9 Å². The van der Waals surface area contributed by atoms with Crippen molar-refractivity contribution in [3.05, 3.63) is 0 Å². The van der Waals surface area contributed by atoms with Gasteiger partial charge in [0.05, 0.1) is 24.7 Å². The molecule has 0 amide bonds. The predicted molar refractivity (Wildman–Crippen MR) is 243 cm³/mol. The number of carbonyl (C=O) groups excluding carboxylic acids is 4. The number of ether oxygens (including phenoxy) is 4. The largest absolute Gasteiger partial charge is 0.462 e. The van der Waals surface area contributed by atoms with Crippen molar-refractivity contribution in [1.29, 1.82) is 0 Å². The summed E-state index contributed by atoms with van der Waals surface area (Å²) in [6.07, 6.45) is 2.18. The molecule has 0 saturated carbocycles. The van der Waals surface area contributed by atoms with Gasteiger partial charge in [-0.1, -0.05) is 13.8 Å². The lowest BCUT2D eigenvalue weighted by molar-refractivity contribution is -0.182. The maximum absolute atomic E-state index is 14.8. The quantitative estimate of drug-likeness (QED) is 0.147. The summed E-state index contributed by atoms with van der Waals surface area (Å²) in [6.45, 7) is 35.9. The molecular formula is C49H90N4O8. The van der Waals surface area contributed by atoms with Crippen LogP contribution in [-0.2, 0) is 38.1 Å². The average molecular weight is 863 g/mol. The number of hydrogen-bond acceptors (Lipinski definition) is 12. The Bertz CT molecular complexity index is 1500. The minimum Gasteiger partial charge on any atom is -0.462 e. The third kappa shape index (κ3) is 12.7. The normalized spacial score (nSPS) is 28.9. The van der Waals surface area contributed by atoms with Gasteiger partial charge in [0.2, 0.25) is 0 Å². The van der Waals surface area contributed by atoms with E-state index in [1.165, 1.54) is 0 Å². The molecule has 0 bridgehead atoms. The van der Waals surface area contributed by atoms with Gasteiger partial charge in [0, 0.05) is 89.8 Å². The first-order chi connectivity index (χ1) is 27.6. The van der Waals surface area contributed by atoms with Crippen LogP contribution in [0.5, 0.6) is 0 Å². The first kappa shape index (κ1) is 53.1. The molecule has 4 saturated heterocycles. The highest BCUT2D eigenvalue weighted by molar-refractivity contribution is 5.88. The van der Waals surface area contributed by atoms with Crippen molar-refractivity contribution in [2.24, 2.45) is 11.8 Å². The Morgan fingerprint density at radius 3 is 0.967 bits per heavy atom. The number of carbonyl (C=O) groups is 4. The van der Waals surface area contributed by atoms with Crippen LogP contribution in [-0.4, -0.2) is 141 Å². The molecule has 0 aromatic carbocycles. The molecule has 4 atom stereocenters. The van der Waals surface area contributed by atoms with Crippen LogP contribution in [0.15, 0.2) is 0 Å². The summed E-state index contributed by atoms with van der Waals surface area (Å²) in [4.78, 5) is 67.1. The van der Waals surface area contributed by atoms with E-state index in [0.29, 0.717) is 51.4 Å². The van der Waals surface area contributed by atoms with Crippen LogP contribution >= 0.6 is 0 Å². The Hall–Kier alpha value is -2.28. The summed E-state index contributed by atoms with van der Waals surface area (Å²) in [6, 6.07) is 0.170. The van der Waals surface area contributed by atoms with Gasteiger partial charge in [0.1, 0.15) is 24.4 Å². The summed E-state index contributed by atoms with van der Waals surface area (Å²) < 4.78 is 25.1. The molecule has 4 unspecified atom stereocenters. The lowest BCUT2D eigenvalue weighted by Gasteiger charge is -2.53. The van der Waals surface area contributed by atoms with Crippen molar-refractivity contribution in [3.8, 4) is 0 Å². The van der Waals surface area contributed by atoms with Gasteiger partial charge in [0.25, 0.3) is 0 Å². The van der Waals surface area contributed by atoms with E-state index >= 15 is 0 Å². The van der Waals surface area contributed by atoms with E-state index in [4.69, 9.17) is 18.9 Å². The van der Waals surface area contributed by atoms with E-state index in [1.54, 1.807) is 0 Å². The maximum atomic E-state index is 14.8. The number of likely N-dealkylation sites (tertiary alicyclic amines) is 4. The molecule has 4 rings (SSSR count). The van der Waals surface area contributed by atoms with Crippen molar-refractivity contribution < 1.29 is 38.1 Å². The van der Waals surface area contributed by atoms with Crippen LogP contribution in [0.3, 0.4) is 0 Å². The van der Waals surface area contributed by atoms with Crippen molar-refractivity contribution >= 4 is 23.9 Å². The number of esters is 4. The molecule has 61 heavy (non-hydrogen) atoms. The molecular weight excluding hydrogens is 773 g/mol. The zero-order valence-corrected chi connectivity index (χ0v) is 42.7. The second-order valence-electron chi connectivity index (χ2n) is 23.5. The smallest absolute Gasteiger partial charge is 0.310 e. The minimum atomic E-state index is -1.33. The monoisotopic (exact) mass is 863 g/mol. The Morgan fingerprint density at radius 2 is 0.689 bits per heavy atom. The third-order valence-corrected chi connectivity index (χ3v) is 15.8. The van der Waals surface area contributed by atoms with Crippen molar-refractivity contribution in [2.75, 3.05) is 28.2 Å². The van der Waals surface area contributed by atoms with E-state index in [1.807, 2.05) is 13.8 Å². The van der Waals surface area contributed by atoms with Crippen LogP contribution in [0.1, 0.15) is 182 Å². The van der Waals surface area contributed by atoms with E-state index in [-0.39, 0.29) is 50.9 Å². The molecule has 12 heteroatoms. The van der Waals surface area contributed by atoms with E-state index in [9.17, 15) is 19.2 Å². The number of piperidine rings is 4. The predicted octanol–water partition coefficient (Wildman–Crippen LogP) is 8.41. The van der Waals surface area contributed by atoms with Gasteiger partial charge in [-0.25, -0.2) is 0 Å². The Balaban J connectivity index is 0.00000489. The fraction of sp³-hybridized carbons (Fsp3) is 0.918. The molecule has 4 aliphatic heterocycles. The molecule has 0 radical (unpaired) electrons. The number of hydrogen-bond donors (Lipinski definition) is 0. The first-order valence-corrected chi connectivity index (χ1v) is 23.3. The van der Waals surface area contributed by atoms with E-state index < -0.39 is 66.9 Å². The van der Waals surface area contributed by atoms with Gasteiger partial charge in [-0.3, -0.25) is 38.8 Å². The van der Waals surface area contributed by atoms with Gasteiger partial charge in [0.15, 0.2) is 0 Å². The lowest BCUT2D eigenvalue weighted by atomic mass is 9.78. The van der Waals surface area contributed by atoms with Crippen LogP contribution < -0.4 is 0 Å². The lowest BCUT2D eigenvalue weighted by Crippen LogP contribution is -2.61. The van der Waals surface area contributed by atoms with Crippen LogP contribution in [0.25, 0.3) is 0 Å². The van der Waals surface area contributed by atoms with Gasteiger partial charge in [-0.05, 0) is 138 Å². The second kappa shape index (κ2) is 19.1. The molecule has 12 nitrogen and oxygen atoms in total. The Kier molecular flexibility index (Phi) is 16.6. The minimum absolute atomic E-state index is 0.170. The topological polar surface area (TPSA) is 118 Å². The molecule has 4 aliphatic rings. The number of rotatable bonds is 11. The summed E-state index contributed by atoms with van der Waals surface area (Å²) in [5, 5.41) is 0. The second-order valence-corrected chi connectivity index (χ2v) is 23.5. The molecule has 4 heterocycles. The fourth-order valence-corrected chi connectivity index (χ4v) is 11.2. The Morgan fingerprint density at radius 1 is 0.443 bits per heavy atom. The Labute approximate surface area is 371 Å². The van der Waals surface area contributed by atoms with Crippen molar-refractivity contribution in [3.63, 3.8) is 0 Å². The standard InChI is InChI=1S/C47H84N4O8.C2H6/c1-30-20-31(23-41(2,3)48(30)16)56-37(52)21-35(39(54)58-33-26-44(8,9)50(18)45(10,11)27-33)36(40(55)59-34-28-46(12,13)51(19)47(14,15)29-34)22-38(53)57-32-24-42(4,5)49(17)43(6,7)25-32;1-2/h30-36H,20-29H2,1-19H3;1-2H3. The van der Waals surface area contributed by atoms with Crippen molar-refractivity contribution in [1.82, 2.24) is 19.6 Å². The molecule has 354 valence electrons. The van der Waals surface area contributed by atoms with Gasteiger partial charge in [-0.15, -0.1) is 0 Å². The van der Waals surface area contributed by atoms with E-state index in [2.05, 4.69) is 152 Å². The highest BCUT2D eigenvalue weighted by atomic mass is 16.6. The fourth-order valence-electron chi connectivity index (χ4n) is 11.2. The first-order valence-electron chi connectivity index (χ1n) is 23.3. The maximum Gasteiger partial charge on any atom is 0.310 e. The molecule has 0 spiro atoms. The summed E-state index contributed by atoms with van der Waals surface area (Å²) in [5.74, 6) is -5.25.